The highest BCUT2D eigenvalue weighted by Gasteiger charge is 2.19. The molecule has 1 aliphatic rings. The molecule has 0 unspecified atom stereocenters. The Labute approximate surface area is 163 Å². The first-order valence-corrected chi connectivity index (χ1v) is 9.16. The molecule has 1 aliphatic heterocycles. The molecule has 1 fully saturated rings. The molecule has 2 amide bonds. The van der Waals surface area contributed by atoms with E-state index in [1.165, 1.54) is 0 Å². The number of hydrogen-bond acceptors (Lipinski definition) is 6. The summed E-state index contributed by atoms with van der Waals surface area (Å²) in [6, 6.07) is 18.5. The number of amides is 2. The molecule has 0 aliphatic carbocycles. The Morgan fingerprint density at radius 1 is 0.750 bits per heavy atom. The second-order valence-corrected chi connectivity index (χ2v) is 6.38. The van der Waals surface area contributed by atoms with E-state index in [0.717, 1.165) is 43.5 Å². The molecule has 0 spiro atoms. The third-order valence-corrected chi connectivity index (χ3v) is 4.50. The van der Waals surface area contributed by atoms with Gasteiger partial charge in [-0.2, -0.15) is 0 Å². The van der Waals surface area contributed by atoms with Gasteiger partial charge in [-0.05, 0) is 36.4 Å². The van der Waals surface area contributed by atoms with Gasteiger partial charge in [0.05, 0.1) is 0 Å². The van der Waals surface area contributed by atoms with E-state index in [1.54, 1.807) is 6.07 Å². The number of rotatable bonds is 4. The number of carbonyl (C=O) groups excluding carboxylic acids is 1. The van der Waals surface area contributed by atoms with Crippen LogP contribution in [0.1, 0.15) is 0 Å². The summed E-state index contributed by atoms with van der Waals surface area (Å²) in [6.45, 7) is 3.43. The van der Waals surface area contributed by atoms with Crippen LogP contribution in [-0.4, -0.2) is 47.4 Å². The van der Waals surface area contributed by atoms with Crippen LogP contribution in [0.5, 0.6) is 0 Å². The zero-order valence-electron chi connectivity index (χ0n) is 15.3. The molecule has 1 saturated heterocycles. The highest BCUT2D eigenvalue weighted by atomic mass is 16.2. The van der Waals surface area contributed by atoms with E-state index < -0.39 is 0 Å². The summed E-state index contributed by atoms with van der Waals surface area (Å²) in [5.41, 5.74) is 0.718. The lowest BCUT2D eigenvalue weighted by atomic mass is 10.3. The molecular weight excluding hydrogens is 354 g/mol. The van der Waals surface area contributed by atoms with Crippen molar-refractivity contribution in [3.8, 4) is 0 Å². The van der Waals surface area contributed by atoms with E-state index in [1.807, 2.05) is 60.8 Å². The lowest BCUT2D eigenvalue weighted by Crippen LogP contribution is -2.47. The zero-order valence-corrected chi connectivity index (χ0v) is 15.3. The fourth-order valence-electron chi connectivity index (χ4n) is 3.07. The van der Waals surface area contributed by atoms with Crippen LogP contribution in [0, 0.1) is 0 Å². The molecule has 8 nitrogen and oxygen atoms in total. The van der Waals surface area contributed by atoms with E-state index in [9.17, 15) is 4.79 Å². The predicted molar refractivity (Wildman–Crippen MR) is 110 cm³/mol. The second-order valence-electron chi connectivity index (χ2n) is 6.38. The smallest absolute Gasteiger partial charge is 0.324 e. The number of piperazine rings is 1. The van der Waals surface area contributed by atoms with Crippen LogP contribution in [0.2, 0.25) is 0 Å². The number of nitrogens with one attached hydrogen (secondary N) is 2. The number of carbonyl (C=O) groups is 1. The van der Waals surface area contributed by atoms with Gasteiger partial charge in [0, 0.05) is 38.1 Å². The lowest BCUT2D eigenvalue weighted by Gasteiger charge is -2.35. The first-order chi connectivity index (χ1) is 13.8. The maximum atomic E-state index is 12.0. The molecule has 0 saturated carbocycles. The quantitative estimate of drug-likeness (QED) is 0.729. The Bertz CT molecular complexity index is 895. The third-order valence-electron chi connectivity index (χ3n) is 4.50. The lowest BCUT2D eigenvalue weighted by molar-refractivity contribution is 0.262. The van der Waals surface area contributed by atoms with Crippen molar-refractivity contribution in [1.29, 1.82) is 0 Å². The summed E-state index contributed by atoms with van der Waals surface area (Å²) in [6.07, 6.45) is 1.81. The first-order valence-electron chi connectivity index (χ1n) is 9.16. The van der Waals surface area contributed by atoms with Gasteiger partial charge in [0.1, 0.15) is 5.82 Å². The van der Waals surface area contributed by atoms with Gasteiger partial charge in [0.25, 0.3) is 0 Å². The van der Waals surface area contributed by atoms with Gasteiger partial charge in [-0.25, -0.2) is 9.78 Å². The van der Waals surface area contributed by atoms with Gasteiger partial charge in [0.2, 0.25) is 0 Å². The zero-order chi connectivity index (χ0) is 19.2. The number of pyridine rings is 1. The van der Waals surface area contributed by atoms with Crippen LogP contribution in [0.4, 0.5) is 27.9 Å². The van der Waals surface area contributed by atoms with Gasteiger partial charge in [-0.1, -0.05) is 24.3 Å². The van der Waals surface area contributed by atoms with Crippen LogP contribution in [0.15, 0.2) is 66.9 Å². The highest BCUT2D eigenvalue weighted by molar-refractivity contribution is 5.99. The normalized spacial score (nSPS) is 13.9. The number of nitrogens with zero attached hydrogens (tertiary/aromatic N) is 5. The molecule has 142 valence electrons. The summed E-state index contributed by atoms with van der Waals surface area (Å²) in [7, 11) is 0. The van der Waals surface area contributed by atoms with Crippen molar-refractivity contribution in [3.63, 3.8) is 0 Å². The SMILES string of the molecule is O=C(Nc1ccccc1)Nc1ccc(N2CCN(c3ccccn3)CC2)nn1. The Morgan fingerprint density at radius 2 is 1.46 bits per heavy atom. The Kier molecular flexibility index (Phi) is 5.28. The average molecular weight is 375 g/mol. The molecule has 0 radical (unpaired) electrons. The first kappa shape index (κ1) is 17.7. The Hall–Kier alpha value is -3.68. The van der Waals surface area contributed by atoms with E-state index >= 15 is 0 Å². The van der Waals surface area contributed by atoms with Crippen molar-refractivity contribution in [3.05, 3.63) is 66.9 Å². The van der Waals surface area contributed by atoms with Gasteiger partial charge < -0.3 is 15.1 Å². The molecule has 3 heterocycles. The van der Waals surface area contributed by atoms with Crippen molar-refractivity contribution in [2.24, 2.45) is 0 Å². The largest absolute Gasteiger partial charge is 0.353 e. The average Bonchev–Trinajstić information content (AvgIpc) is 2.76. The molecular formula is C20H21N7O. The molecule has 1 aromatic carbocycles. The fraction of sp³-hybridized carbons (Fsp3) is 0.200. The van der Waals surface area contributed by atoms with Crippen LogP contribution in [-0.2, 0) is 0 Å². The van der Waals surface area contributed by atoms with Gasteiger partial charge in [-0.15, -0.1) is 10.2 Å². The number of urea groups is 1. The molecule has 2 aromatic heterocycles. The maximum absolute atomic E-state index is 12.0. The number of aromatic nitrogens is 3. The minimum Gasteiger partial charge on any atom is -0.353 e. The van der Waals surface area contributed by atoms with E-state index in [-0.39, 0.29) is 6.03 Å². The van der Waals surface area contributed by atoms with Crippen molar-refractivity contribution < 1.29 is 4.79 Å². The number of anilines is 4. The van der Waals surface area contributed by atoms with E-state index in [2.05, 4.69) is 35.6 Å². The topological polar surface area (TPSA) is 86.3 Å². The van der Waals surface area contributed by atoms with Crippen molar-refractivity contribution in [2.45, 2.75) is 0 Å². The van der Waals surface area contributed by atoms with Gasteiger partial charge in [0.15, 0.2) is 11.6 Å². The molecule has 0 bridgehead atoms. The fourth-order valence-corrected chi connectivity index (χ4v) is 3.07. The van der Waals surface area contributed by atoms with Gasteiger partial charge >= 0.3 is 6.03 Å². The Balaban J connectivity index is 1.31. The minimum absolute atomic E-state index is 0.350. The van der Waals surface area contributed by atoms with Gasteiger partial charge in [-0.3, -0.25) is 5.32 Å². The third kappa shape index (κ3) is 4.35. The van der Waals surface area contributed by atoms with Crippen molar-refractivity contribution in [2.75, 3.05) is 46.6 Å². The number of benzene rings is 1. The molecule has 3 aromatic rings. The van der Waals surface area contributed by atoms with Crippen LogP contribution < -0.4 is 20.4 Å². The molecule has 0 atom stereocenters. The predicted octanol–water partition coefficient (Wildman–Crippen LogP) is 2.84. The number of para-hydroxylation sites is 1. The van der Waals surface area contributed by atoms with E-state index in [0.29, 0.717) is 5.82 Å². The summed E-state index contributed by atoms with van der Waals surface area (Å²) >= 11 is 0. The number of hydrogen-bond donors (Lipinski definition) is 2. The molecule has 8 heteroatoms. The summed E-state index contributed by atoms with van der Waals surface area (Å²) < 4.78 is 0. The molecule has 4 rings (SSSR count). The van der Waals surface area contributed by atoms with Crippen LogP contribution in [0.25, 0.3) is 0 Å². The van der Waals surface area contributed by atoms with Crippen LogP contribution >= 0.6 is 0 Å². The van der Waals surface area contributed by atoms with Crippen molar-refractivity contribution in [1.82, 2.24) is 15.2 Å². The molecule has 28 heavy (non-hydrogen) atoms. The van der Waals surface area contributed by atoms with Crippen molar-refractivity contribution >= 4 is 29.2 Å². The minimum atomic E-state index is -0.350. The summed E-state index contributed by atoms with van der Waals surface area (Å²) in [5, 5.41) is 13.8. The monoisotopic (exact) mass is 375 g/mol. The van der Waals surface area contributed by atoms with E-state index in [4.69, 9.17) is 0 Å². The summed E-state index contributed by atoms with van der Waals surface area (Å²) in [4.78, 5) is 20.9. The highest BCUT2D eigenvalue weighted by Crippen LogP contribution is 2.17. The summed E-state index contributed by atoms with van der Waals surface area (Å²) in [5.74, 6) is 2.20. The molecule has 2 N–H and O–H groups in total. The van der Waals surface area contributed by atoms with Crippen LogP contribution in [0.3, 0.4) is 0 Å². The second kappa shape index (κ2) is 8.34. The Morgan fingerprint density at radius 3 is 2.11 bits per heavy atom. The standard InChI is InChI=1S/C20H21N7O/c28-20(22-16-6-2-1-3-7-16)23-17-9-10-19(25-24-17)27-14-12-26(13-15-27)18-8-4-5-11-21-18/h1-11H,12-15H2,(H2,22,23,24,28). The maximum Gasteiger partial charge on any atom is 0.324 e.